The number of nitrogens with zero attached hydrogens (tertiary/aromatic N) is 5. The van der Waals surface area contributed by atoms with Gasteiger partial charge < -0.3 is 14.6 Å². The second-order valence-electron chi connectivity index (χ2n) is 9.63. The lowest BCUT2D eigenvalue weighted by atomic mass is 9.83. The number of likely N-dealkylation sites (tertiary alicyclic amines) is 1. The van der Waals surface area contributed by atoms with Crippen molar-refractivity contribution in [2.75, 3.05) is 27.3 Å². The average molecular weight is 472 g/mol. The first-order valence-corrected chi connectivity index (χ1v) is 12.0. The van der Waals surface area contributed by atoms with Gasteiger partial charge in [0.25, 0.3) is 0 Å². The van der Waals surface area contributed by atoms with Crippen LogP contribution in [0.25, 0.3) is 33.3 Å². The lowest BCUT2D eigenvalue weighted by Crippen LogP contribution is -2.56. The molecule has 2 aromatic carbocycles. The van der Waals surface area contributed by atoms with E-state index < -0.39 is 0 Å². The van der Waals surface area contributed by atoms with Crippen LogP contribution in [0.15, 0.2) is 48.7 Å². The highest BCUT2D eigenvalue weighted by atomic mass is 16.5. The van der Waals surface area contributed by atoms with Gasteiger partial charge >= 0.3 is 0 Å². The second-order valence-corrected chi connectivity index (χ2v) is 9.63. The van der Waals surface area contributed by atoms with Crippen molar-refractivity contribution in [1.82, 2.24) is 24.9 Å². The van der Waals surface area contributed by atoms with Gasteiger partial charge in [-0.3, -0.25) is 9.58 Å². The molecule has 0 spiro atoms. The Morgan fingerprint density at radius 1 is 0.971 bits per heavy atom. The number of aromatic nitrogens is 4. The third-order valence-corrected chi connectivity index (χ3v) is 7.45. The number of fused-ring (bicyclic) bond motifs is 1. The van der Waals surface area contributed by atoms with Crippen molar-refractivity contribution in [2.24, 2.45) is 7.05 Å². The molecule has 2 aliphatic rings. The number of aryl methyl sites for hydroxylation is 1. The van der Waals surface area contributed by atoms with Crippen molar-refractivity contribution < 1.29 is 14.6 Å². The minimum atomic E-state index is 0.169. The molecule has 0 radical (unpaired) electrons. The maximum atomic E-state index is 10.8. The number of methoxy groups -OCH3 is 2. The topological polar surface area (TPSA) is 85.5 Å². The summed E-state index contributed by atoms with van der Waals surface area (Å²) in [5.74, 6) is 1.29. The van der Waals surface area contributed by atoms with Gasteiger partial charge in [-0.15, -0.1) is 0 Å². The average Bonchev–Trinajstić information content (AvgIpc) is 3.19. The molecule has 180 valence electrons. The summed E-state index contributed by atoms with van der Waals surface area (Å²) in [6.45, 7) is 2.06. The van der Waals surface area contributed by atoms with Crippen LogP contribution >= 0.6 is 0 Å². The molecule has 6 rings (SSSR count). The van der Waals surface area contributed by atoms with Crippen molar-refractivity contribution in [2.45, 2.75) is 30.9 Å². The third kappa shape index (κ3) is 3.92. The molecule has 0 unspecified atom stereocenters. The summed E-state index contributed by atoms with van der Waals surface area (Å²) in [6, 6.07) is 14.3. The number of phenols is 1. The summed E-state index contributed by atoms with van der Waals surface area (Å²) in [5, 5.41) is 25.2. The molecule has 0 amide bonds. The van der Waals surface area contributed by atoms with E-state index in [-0.39, 0.29) is 5.75 Å². The molecule has 2 aromatic heterocycles. The Balaban J connectivity index is 1.18. The summed E-state index contributed by atoms with van der Waals surface area (Å²) < 4.78 is 12.7. The summed E-state index contributed by atoms with van der Waals surface area (Å²) in [6.07, 6.45) is 4.65. The van der Waals surface area contributed by atoms with E-state index in [0.29, 0.717) is 35.1 Å². The maximum absolute atomic E-state index is 10.8. The molecule has 4 aromatic rings. The Labute approximate surface area is 204 Å². The Bertz CT molecular complexity index is 1370. The van der Waals surface area contributed by atoms with Gasteiger partial charge in [-0.25, -0.2) is 0 Å². The number of rotatable bonds is 6. The Morgan fingerprint density at radius 2 is 1.80 bits per heavy atom. The van der Waals surface area contributed by atoms with Crippen LogP contribution in [0.1, 0.15) is 24.5 Å². The van der Waals surface area contributed by atoms with Gasteiger partial charge in [0.2, 0.25) is 0 Å². The van der Waals surface area contributed by atoms with Crippen molar-refractivity contribution in [3.63, 3.8) is 0 Å². The molecule has 1 N–H and O–H groups in total. The first kappa shape index (κ1) is 22.0. The van der Waals surface area contributed by atoms with Crippen LogP contribution in [-0.4, -0.2) is 69.4 Å². The van der Waals surface area contributed by atoms with Crippen molar-refractivity contribution in [3.05, 3.63) is 54.4 Å². The van der Waals surface area contributed by atoms with Gasteiger partial charge in [-0.05, 0) is 60.4 Å². The van der Waals surface area contributed by atoms with E-state index in [4.69, 9.17) is 9.47 Å². The fraction of sp³-hybridized carbons (Fsp3) is 0.370. The number of aromatic hydroxyl groups is 1. The van der Waals surface area contributed by atoms with E-state index >= 15 is 0 Å². The molecular weight excluding hydrogens is 442 g/mol. The molecule has 8 nitrogen and oxygen atoms in total. The fourth-order valence-electron chi connectivity index (χ4n) is 5.20. The Kier molecular flexibility index (Phi) is 5.42. The highest BCUT2D eigenvalue weighted by Crippen LogP contribution is 2.38. The molecule has 2 fully saturated rings. The molecule has 0 bridgehead atoms. The first-order valence-electron chi connectivity index (χ1n) is 12.0. The molecule has 1 aliphatic carbocycles. The summed E-state index contributed by atoms with van der Waals surface area (Å²) in [7, 11) is 5.32. The smallest absolute Gasteiger partial charge is 0.147 e. The molecule has 1 saturated carbocycles. The lowest BCUT2D eigenvalue weighted by Gasteiger charge is -2.49. The quantitative estimate of drug-likeness (QED) is 0.455. The molecule has 1 aliphatic heterocycles. The highest BCUT2D eigenvalue weighted by Gasteiger charge is 2.40. The number of hydrogen-bond donors (Lipinski definition) is 1. The fourth-order valence-corrected chi connectivity index (χ4v) is 5.20. The first-order chi connectivity index (χ1) is 17.0. The molecular formula is C27H29N5O3. The minimum Gasteiger partial charge on any atom is -0.507 e. The van der Waals surface area contributed by atoms with Gasteiger partial charge in [0.05, 0.1) is 24.6 Å². The standard InChI is InChI=1S/C27H29N5O3/c1-31-13-18-8-17(10-26(35-3)27(18)30-31)16-4-5-22(25(33)9-16)24-7-6-23(28-29-24)19-14-32(15-19)20-11-21(12-20)34-2/h4-10,13,19-21,33H,11-12,14-15H2,1-3H3. The second kappa shape index (κ2) is 8.62. The van der Waals surface area contributed by atoms with E-state index in [1.165, 1.54) is 0 Å². The SMILES string of the molecule is COc1cc(-c2ccc(-c3ccc(C4CN(C5CC(OC)C5)C4)nn3)c(O)c2)cc2cn(C)nc12. The van der Waals surface area contributed by atoms with Crippen molar-refractivity contribution in [3.8, 4) is 33.9 Å². The van der Waals surface area contributed by atoms with Crippen molar-refractivity contribution in [1.29, 1.82) is 0 Å². The zero-order valence-corrected chi connectivity index (χ0v) is 20.2. The Hall–Kier alpha value is -3.49. The summed E-state index contributed by atoms with van der Waals surface area (Å²) >= 11 is 0. The molecule has 1 saturated heterocycles. The van der Waals surface area contributed by atoms with Crippen LogP contribution < -0.4 is 4.74 Å². The van der Waals surface area contributed by atoms with E-state index in [1.807, 2.05) is 43.6 Å². The van der Waals surface area contributed by atoms with Gasteiger partial charge in [-0.2, -0.15) is 15.3 Å². The van der Waals surface area contributed by atoms with Crippen molar-refractivity contribution >= 4 is 10.9 Å². The van der Waals surface area contributed by atoms with Crippen LogP contribution in [0.4, 0.5) is 0 Å². The summed E-state index contributed by atoms with van der Waals surface area (Å²) in [4.78, 5) is 2.51. The van der Waals surface area contributed by atoms with E-state index in [2.05, 4.69) is 26.3 Å². The Morgan fingerprint density at radius 3 is 2.49 bits per heavy atom. The van der Waals surface area contributed by atoms with Crippen LogP contribution in [0.2, 0.25) is 0 Å². The van der Waals surface area contributed by atoms with Gasteiger partial charge in [0, 0.05) is 56.4 Å². The van der Waals surface area contributed by atoms with Gasteiger partial charge in [-0.1, -0.05) is 6.07 Å². The third-order valence-electron chi connectivity index (χ3n) is 7.45. The number of benzene rings is 2. The highest BCUT2D eigenvalue weighted by molar-refractivity contribution is 5.90. The minimum absolute atomic E-state index is 0.169. The molecule has 35 heavy (non-hydrogen) atoms. The van der Waals surface area contributed by atoms with Crippen LogP contribution in [0, 0.1) is 0 Å². The molecule has 0 atom stereocenters. The lowest BCUT2D eigenvalue weighted by molar-refractivity contribution is -0.0529. The normalized spacial score (nSPS) is 20.5. The van der Waals surface area contributed by atoms with E-state index in [0.717, 1.165) is 53.7 Å². The zero-order valence-electron chi connectivity index (χ0n) is 20.2. The number of hydrogen-bond acceptors (Lipinski definition) is 7. The zero-order chi connectivity index (χ0) is 24.1. The molecule has 8 heteroatoms. The van der Waals surface area contributed by atoms with Gasteiger partial charge in [0.15, 0.2) is 0 Å². The van der Waals surface area contributed by atoms with E-state index in [1.54, 1.807) is 25.0 Å². The van der Waals surface area contributed by atoms with Crippen LogP contribution in [-0.2, 0) is 11.8 Å². The maximum Gasteiger partial charge on any atom is 0.147 e. The van der Waals surface area contributed by atoms with Gasteiger partial charge in [0.1, 0.15) is 17.0 Å². The predicted octanol–water partition coefficient (Wildman–Crippen LogP) is 3.99. The van der Waals surface area contributed by atoms with E-state index in [9.17, 15) is 5.11 Å². The number of phenolic OH excluding ortho intramolecular Hbond substituents is 1. The largest absolute Gasteiger partial charge is 0.507 e. The molecule has 3 heterocycles. The van der Waals surface area contributed by atoms with Crippen LogP contribution in [0.3, 0.4) is 0 Å². The van der Waals surface area contributed by atoms with Crippen LogP contribution in [0.5, 0.6) is 11.5 Å². The predicted molar refractivity (Wildman–Crippen MR) is 134 cm³/mol. The monoisotopic (exact) mass is 471 g/mol. The number of ether oxygens (including phenoxy) is 2. The summed E-state index contributed by atoms with van der Waals surface area (Å²) in [5.41, 5.74) is 5.00.